The van der Waals surface area contributed by atoms with Gasteiger partial charge in [0.2, 0.25) is 5.76 Å². The Morgan fingerprint density at radius 1 is 1.40 bits per heavy atom. The molecule has 0 radical (unpaired) electrons. The van der Waals surface area contributed by atoms with Gasteiger partial charge in [-0.15, -0.1) is 0 Å². The fourth-order valence-corrected chi connectivity index (χ4v) is 3.05. The van der Waals surface area contributed by atoms with Crippen LogP contribution in [0.25, 0.3) is 0 Å². The molecule has 0 aromatic carbocycles. The topological polar surface area (TPSA) is 93.3 Å². The van der Waals surface area contributed by atoms with Gasteiger partial charge in [-0.2, -0.15) is 0 Å². The van der Waals surface area contributed by atoms with Crippen molar-refractivity contribution in [1.29, 1.82) is 0 Å². The first kappa shape index (κ1) is 17.3. The second-order valence-electron chi connectivity index (χ2n) is 6.70. The highest BCUT2D eigenvalue weighted by Gasteiger charge is 2.18. The van der Waals surface area contributed by atoms with Crippen molar-refractivity contribution in [3.8, 4) is 0 Å². The van der Waals surface area contributed by atoms with Crippen molar-refractivity contribution in [3.05, 3.63) is 46.0 Å². The van der Waals surface area contributed by atoms with Gasteiger partial charge >= 0.3 is 0 Å². The number of amides is 1. The number of nitrogens with zero attached hydrogens (tertiary/aromatic N) is 4. The molecule has 25 heavy (non-hydrogen) atoms. The molecule has 0 atom stereocenters. The van der Waals surface area contributed by atoms with Crippen molar-refractivity contribution < 1.29 is 9.32 Å². The lowest BCUT2D eigenvalue weighted by atomic mass is 10.2. The molecule has 0 aliphatic carbocycles. The second kappa shape index (κ2) is 7.60. The Morgan fingerprint density at radius 2 is 2.24 bits per heavy atom. The third-order valence-electron chi connectivity index (χ3n) is 4.08. The second-order valence-corrected chi connectivity index (χ2v) is 6.70. The lowest BCUT2D eigenvalue weighted by Gasteiger charge is -2.21. The SMILES string of the molecule is CC(C)CN1CCCn2c(nc(CNC(=O)c3ccno3)cc2=O)C1. The summed E-state index contributed by atoms with van der Waals surface area (Å²) in [5, 5.41) is 6.20. The standard InChI is InChI=1S/C17H23N5O3/c1-12(2)10-21-6-3-7-22-15(11-21)20-13(8-16(22)23)9-18-17(24)14-4-5-19-25-14/h4-5,8,12H,3,6-7,9-11H2,1-2H3,(H,18,24). The Kier molecular flexibility index (Phi) is 5.28. The molecule has 0 spiro atoms. The summed E-state index contributed by atoms with van der Waals surface area (Å²) >= 11 is 0. The fraction of sp³-hybridized carbons (Fsp3) is 0.529. The first-order chi connectivity index (χ1) is 12.0. The zero-order valence-corrected chi connectivity index (χ0v) is 14.6. The van der Waals surface area contributed by atoms with E-state index in [1.807, 2.05) is 0 Å². The van der Waals surface area contributed by atoms with E-state index in [1.165, 1.54) is 18.3 Å². The van der Waals surface area contributed by atoms with E-state index in [9.17, 15) is 9.59 Å². The van der Waals surface area contributed by atoms with Gasteiger partial charge < -0.3 is 9.84 Å². The number of hydrogen-bond donors (Lipinski definition) is 1. The van der Waals surface area contributed by atoms with Gasteiger partial charge in [0, 0.05) is 31.8 Å². The van der Waals surface area contributed by atoms with Crippen LogP contribution in [0.4, 0.5) is 0 Å². The molecular weight excluding hydrogens is 322 g/mol. The number of rotatable bonds is 5. The van der Waals surface area contributed by atoms with Crippen LogP contribution >= 0.6 is 0 Å². The molecule has 2 aromatic rings. The summed E-state index contributed by atoms with van der Waals surface area (Å²) in [6.45, 7) is 7.80. The minimum Gasteiger partial charge on any atom is -0.351 e. The summed E-state index contributed by atoms with van der Waals surface area (Å²) in [5.41, 5.74) is 0.482. The van der Waals surface area contributed by atoms with Crippen molar-refractivity contribution >= 4 is 5.91 Å². The number of fused-ring (bicyclic) bond motifs is 1. The Hall–Kier alpha value is -2.48. The molecule has 8 nitrogen and oxygen atoms in total. The number of carbonyl (C=O) groups excluding carboxylic acids is 1. The minimum absolute atomic E-state index is 0.0692. The summed E-state index contributed by atoms with van der Waals surface area (Å²) in [6, 6.07) is 2.97. The van der Waals surface area contributed by atoms with Gasteiger partial charge in [0.05, 0.1) is 25.0 Å². The maximum Gasteiger partial charge on any atom is 0.290 e. The normalized spacial score (nSPS) is 15.0. The third-order valence-corrected chi connectivity index (χ3v) is 4.08. The van der Waals surface area contributed by atoms with Crippen LogP contribution in [-0.2, 0) is 19.6 Å². The highest BCUT2D eigenvalue weighted by molar-refractivity contribution is 5.91. The molecule has 2 aromatic heterocycles. The van der Waals surface area contributed by atoms with Crippen molar-refractivity contribution in [2.45, 2.75) is 39.9 Å². The Labute approximate surface area is 145 Å². The molecular formula is C17H23N5O3. The largest absolute Gasteiger partial charge is 0.351 e. The van der Waals surface area contributed by atoms with Crippen molar-refractivity contribution in [2.24, 2.45) is 5.92 Å². The predicted molar refractivity (Wildman–Crippen MR) is 90.9 cm³/mol. The summed E-state index contributed by atoms with van der Waals surface area (Å²) in [5.74, 6) is 1.07. The number of carbonyl (C=O) groups is 1. The van der Waals surface area contributed by atoms with Gasteiger partial charge in [-0.05, 0) is 12.3 Å². The molecule has 3 rings (SSSR count). The van der Waals surface area contributed by atoms with E-state index in [-0.39, 0.29) is 23.8 Å². The maximum absolute atomic E-state index is 12.4. The summed E-state index contributed by atoms with van der Waals surface area (Å²) in [6.07, 6.45) is 2.34. The van der Waals surface area contributed by atoms with Gasteiger partial charge in [0.15, 0.2) is 0 Å². The number of hydrogen-bond acceptors (Lipinski definition) is 6. The molecule has 0 unspecified atom stereocenters. The van der Waals surface area contributed by atoms with Crippen LogP contribution in [0.1, 0.15) is 42.3 Å². The van der Waals surface area contributed by atoms with Gasteiger partial charge in [0.1, 0.15) is 5.82 Å². The first-order valence-corrected chi connectivity index (χ1v) is 8.54. The highest BCUT2D eigenvalue weighted by atomic mass is 16.5. The van der Waals surface area contributed by atoms with Crippen molar-refractivity contribution in [1.82, 2.24) is 24.9 Å². The van der Waals surface area contributed by atoms with E-state index in [2.05, 4.69) is 34.2 Å². The molecule has 1 aliphatic heterocycles. The lowest BCUT2D eigenvalue weighted by molar-refractivity contribution is 0.0913. The van der Waals surface area contributed by atoms with E-state index in [4.69, 9.17) is 4.52 Å². The quantitative estimate of drug-likeness (QED) is 0.870. The molecule has 0 saturated heterocycles. The first-order valence-electron chi connectivity index (χ1n) is 8.54. The van der Waals surface area contributed by atoms with Crippen LogP contribution in [0.3, 0.4) is 0 Å². The van der Waals surface area contributed by atoms with Crippen LogP contribution in [-0.4, -0.2) is 38.6 Å². The van der Waals surface area contributed by atoms with Gasteiger partial charge in [-0.3, -0.25) is 19.1 Å². The average Bonchev–Trinajstić information content (AvgIpc) is 3.01. The lowest BCUT2D eigenvalue weighted by Crippen LogP contribution is -2.31. The third kappa shape index (κ3) is 4.33. The van der Waals surface area contributed by atoms with Crippen molar-refractivity contribution in [3.63, 3.8) is 0 Å². The fourth-order valence-electron chi connectivity index (χ4n) is 3.05. The van der Waals surface area contributed by atoms with E-state index < -0.39 is 0 Å². The predicted octanol–water partition coefficient (Wildman–Crippen LogP) is 1.02. The van der Waals surface area contributed by atoms with Crippen LogP contribution in [0.5, 0.6) is 0 Å². The zero-order chi connectivity index (χ0) is 17.8. The molecule has 8 heteroatoms. The average molecular weight is 345 g/mol. The molecule has 0 fully saturated rings. The summed E-state index contributed by atoms with van der Waals surface area (Å²) in [7, 11) is 0. The number of aromatic nitrogens is 3. The molecule has 1 aliphatic rings. The van der Waals surface area contributed by atoms with E-state index in [1.54, 1.807) is 4.57 Å². The van der Waals surface area contributed by atoms with E-state index in [0.29, 0.717) is 24.7 Å². The Morgan fingerprint density at radius 3 is 2.96 bits per heavy atom. The summed E-state index contributed by atoms with van der Waals surface area (Å²) < 4.78 is 6.55. The smallest absolute Gasteiger partial charge is 0.290 e. The highest BCUT2D eigenvalue weighted by Crippen LogP contribution is 2.11. The molecule has 1 amide bonds. The zero-order valence-electron chi connectivity index (χ0n) is 14.6. The molecule has 1 N–H and O–H groups in total. The maximum atomic E-state index is 12.4. The van der Waals surface area contributed by atoms with E-state index >= 15 is 0 Å². The summed E-state index contributed by atoms with van der Waals surface area (Å²) in [4.78, 5) is 31.3. The Balaban J connectivity index is 1.74. The van der Waals surface area contributed by atoms with Gasteiger partial charge in [0.25, 0.3) is 11.5 Å². The minimum atomic E-state index is -0.379. The van der Waals surface area contributed by atoms with Gasteiger partial charge in [-0.1, -0.05) is 19.0 Å². The monoisotopic (exact) mass is 345 g/mol. The molecule has 134 valence electrons. The van der Waals surface area contributed by atoms with Crippen LogP contribution in [0, 0.1) is 5.92 Å². The molecule has 3 heterocycles. The van der Waals surface area contributed by atoms with Crippen molar-refractivity contribution in [2.75, 3.05) is 13.1 Å². The van der Waals surface area contributed by atoms with Gasteiger partial charge in [-0.25, -0.2) is 4.98 Å². The Bertz CT molecular complexity index is 782. The molecule has 0 bridgehead atoms. The number of nitrogens with one attached hydrogen (secondary N) is 1. The van der Waals surface area contributed by atoms with Crippen LogP contribution in [0.15, 0.2) is 27.6 Å². The van der Waals surface area contributed by atoms with Crippen LogP contribution in [0.2, 0.25) is 0 Å². The molecule has 0 saturated carbocycles. The van der Waals surface area contributed by atoms with Crippen LogP contribution < -0.4 is 10.9 Å². The van der Waals surface area contributed by atoms with E-state index in [0.717, 1.165) is 25.3 Å².